The Bertz CT molecular complexity index is 732. The predicted octanol–water partition coefficient (Wildman–Crippen LogP) is 2.49. The smallest absolute Gasteiger partial charge is 0.263 e. The zero-order chi connectivity index (χ0) is 15.5. The van der Waals surface area contributed by atoms with Crippen molar-refractivity contribution in [2.24, 2.45) is 5.84 Å². The molecule has 2 rings (SSSR count). The molecule has 8 heteroatoms. The number of hydrazine groups is 1. The van der Waals surface area contributed by atoms with E-state index in [0.29, 0.717) is 17.9 Å². The maximum atomic E-state index is 12.3. The van der Waals surface area contributed by atoms with Gasteiger partial charge in [0.15, 0.2) is 0 Å². The molecule has 0 unspecified atom stereocenters. The number of halogens is 1. The molecule has 0 amide bonds. The number of aromatic nitrogens is 1. The summed E-state index contributed by atoms with van der Waals surface area (Å²) < 4.78 is 28.2. The third kappa shape index (κ3) is 3.72. The number of nitrogen functional groups attached to an aromatic ring is 1. The van der Waals surface area contributed by atoms with E-state index in [-0.39, 0.29) is 4.90 Å². The molecule has 21 heavy (non-hydrogen) atoms. The molecule has 1 aromatic carbocycles. The average molecular weight is 371 g/mol. The van der Waals surface area contributed by atoms with Crippen LogP contribution in [0.15, 0.2) is 45.9 Å². The summed E-state index contributed by atoms with van der Waals surface area (Å²) in [7, 11) is -3.68. The number of nitrogens with two attached hydrogens (primary N) is 1. The minimum absolute atomic E-state index is 0.0754. The van der Waals surface area contributed by atoms with E-state index in [4.69, 9.17) is 5.84 Å². The minimum Gasteiger partial charge on any atom is -0.308 e. The second-order valence-corrected chi connectivity index (χ2v) is 6.88. The molecule has 1 heterocycles. The third-order valence-electron chi connectivity index (χ3n) is 2.89. The van der Waals surface area contributed by atoms with E-state index >= 15 is 0 Å². The summed E-state index contributed by atoms with van der Waals surface area (Å²) in [5.41, 5.74) is 3.81. The fraction of sp³-hybridized carbons (Fsp3) is 0.154. The first kappa shape index (κ1) is 15.7. The zero-order valence-corrected chi connectivity index (χ0v) is 13.7. The first-order valence-electron chi connectivity index (χ1n) is 6.20. The topological polar surface area (TPSA) is 97.1 Å². The van der Waals surface area contributed by atoms with E-state index in [9.17, 15) is 8.42 Å². The summed E-state index contributed by atoms with van der Waals surface area (Å²) in [5, 5.41) is 0. The van der Waals surface area contributed by atoms with Gasteiger partial charge in [-0.25, -0.2) is 19.2 Å². The van der Waals surface area contributed by atoms with Gasteiger partial charge in [0.25, 0.3) is 10.0 Å². The summed E-state index contributed by atoms with van der Waals surface area (Å²) in [6.45, 7) is 1.96. The van der Waals surface area contributed by atoms with Gasteiger partial charge in [-0.15, -0.1) is 0 Å². The first-order valence-corrected chi connectivity index (χ1v) is 8.48. The Hall–Kier alpha value is -1.64. The number of pyridine rings is 1. The molecular formula is C13H15BrN4O2S. The van der Waals surface area contributed by atoms with E-state index in [2.05, 4.69) is 31.1 Å². The van der Waals surface area contributed by atoms with Gasteiger partial charge in [0, 0.05) is 10.7 Å². The van der Waals surface area contributed by atoms with Crippen LogP contribution in [0.4, 0.5) is 11.5 Å². The quantitative estimate of drug-likeness (QED) is 0.554. The van der Waals surface area contributed by atoms with Crippen molar-refractivity contribution >= 4 is 37.5 Å². The Balaban J connectivity index is 2.32. The second-order valence-electron chi connectivity index (χ2n) is 4.28. The SMILES string of the molecule is CCc1cc(Br)ccc1NS(=O)(=O)c1ccc(NN)nc1. The molecule has 2 aromatic rings. The fourth-order valence-corrected chi connectivity index (χ4v) is 3.24. The molecular weight excluding hydrogens is 356 g/mol. The summed E-state index contributed by atoms with van der Waals surface area (Å²) in [6, 6.07) is 8.34. The summed E-state index contributed by atoms with van der Waals surface area (Å²) >= 11 is 3.37. The van der Waals surface area contributed by atoms with Crippen LogP contribution in [-0.4, -0.2) is 13.4 Å². The van der Waals surface area contributed by atoms with Crippen LogP contribution in [0.1, 0.15) is 12.5 Å². The fourth-order valence-electron chi connectivity index (χ4n) is 1.78. The van der Waals surface area contributed by atoms with Crippen LogP contribution in [0, 0.1) is 0 Å². The molecule has 1 aromatic heterocycles. The molecule has 0 bridgehead atoms. The number of benzene rings is 1. The molecule has 0 saturated heterocycles. The van der Waals surface area contributed by atoms with Crippen molar-refractivity contribution in [1.29, 1.82) is 0 Å². The number of hydrogen-bond acceptors (Lipinski definition) is 5. The molecule has 0 radical (unpaired) electrons. The average Bonchev–Trinajstić information content (AvgIpc) is 2.49. The number of nitrogens with one attached hydrogen (secondary N) is 2. The lowest BCUT2D eigenvalue weighted by atomic mass is 10.1. The molecule has 4 N–H and O–H groups in total. The van der Waals surface area contributed by atoms with Crippen LogP contribution in [0.2, 0.25) is 0 Å². The lowest BCUT2D eigenvalue weighted by Crippen LogP contribution is -2.15. The Labute approximate surface area is 131 Å². The van der Waals surface area contributed by atoms with Gasteiger partial charge in [0.2, 0.25) is 0 Å². The highest BCUT2D eigenvalue weighted by atomic mass is 79.9. The summed E-state index contributed by atoms with van der Waals surface area (Å²) in [5.74, 6) is 5.60. The Morgan fingerprint density at radius 3 is 2.62 bits per heavy atom. The third-order valence-corrected chi connectivity index (χ3v) is 4.73. The molecule has 0 aliphatic rings. The van der Waals surface area contributed by atoms with Crippen molar-refractivity contribution in [1.82, 2.24) is 4.98 Å². The van der Waals surface area contributed by atoms with E-state index in [1.165, 1.54) is 18.3 Å². The van der Waals surface area contributed by atoms with Gasteiger partial charge in [-0.05, 0) is 42.3 Å². The van der Waals surface area contributed by atoms with E-state index in [1.807, 2.05) is 13.0 Å². The van der Waals surface area contributed by atoms with Gasteiger partial charge in [0.1, 0.15) is 10.7 Å². The van der Waals surface area contributed by atoms with Crippen LogP contribution in [0.25, 0.3) is 0 Å². The minimum atomic E-state index is -3.68. The Morgan fingerprint density at radius 2 is 2.05 bits per heavy atom. The molecule has 6 nitrogen and oxygen atoms in total. The van der Waals surface area contributed by atoms with Crippen LogP contribution >= 0.6 is 15.9 Å². The molecule has 0 spiro atoms. The molecule has 0 atom stereocenters. The van der Waals surface area contributed by atoms with Crippen molar-refractivity contribution in [2.45, 2.75) is 18.2 Å². The highest BCUT2D eigenvalue weighted by Gasteiger charge is 2.16. The van der Waals surface area contributed by atoms with Crippen LogP contribution < -0.4 is 16.0 Å². The maximum absolute atomic E-state index is 12.3. The highest BCUT2D eigenvalue weighted by molar-refractivity contribution is 9.10. The van der Waals surface area contributed by atoms with Gasteiger partial charge in [-0.2, -0.15) is 0 Å². The number of hydrogen-bond donors (Lipinski definition) is 3. The predicted molar refractivity (Wildman–Crippen MR) is 86.4 cm³/mol. The van der Waals surface area contributed by atoms with Crippen molar-refractivity contribution in [3.05, 3.63) is 46.6 Å². The number of aryl methyl sites for hydroxylation is 1. The largest absolute Gasteiger partial charge is 0.308 e. The monoisotopic (exact) mass is 370 g/mol. The van der Waals surface area contributed by atoms with E-state index < -0.39 is 10.0 Å². The molecule has 0 saturated carbocycles. The van der Waals surface area contributed by atoms with Gasteiger partial charge in [0.05, 0.1) is 5.69 Å². The molecule has 0 aliphatic heterocycles. The van der Waals surface area contributed by atoms with Crippen LogP contribution in [0.3, 0.4) is 0 Å². The van der Waals surface area contributed by atoms with Crippen molar-refractivity contribution < 1.29 is 8.42 Å². The summed E-state index contributed by atoms with van der Waals surface area (Å²) in [4.78, 5) is 3.97. The Kier molecular flexibility index (Phi) is 4.81. The number of sulfonamides is 1. The van der Waals surface area contributed by atoms with Crippen LogP contribution in [0.5, 0.6) is 0 Å². The van der Waals surface area contributed by atoms with Crippen molar-refractivity contribution in [3.8, 4) is 0 Å². The van der Waals surface area contributed by atoms with Crippen LogP contribution in [-0.2, 0) is 16.4 Å². The normalized spacial score (nSPS) is 11.2. The molecule has 0 fully saturated rings. The Morgan fingerprint density at radius 1 is 1.29 bits per heavy atom. The lowest BCUT2D eigenvalue weighted by molar-refractivity contribution is 0.601. The number of rotatable bonds is 5. The van der Waals surface area contributed by atoms with Gasteiger partial charge in [-0.1, -0.05) is 22.9 Å². The second kappa shape index (κ2) is 6.42. The summed E-state index contributed by atoms with van der Waals surface area (Å²) in [6.07, 6.45) is 1.97. The van der Waals surface area contributed by atoms with E-state index in [1.54, 1.807) is 12.1 Å². The standard InChI is InChI=1S/C13H15BrN4O2S/c1-2-9-7-10(14)3-5-12(9)18-21(19,20)11-4-6-13(17-15)16-8-11/h3-8,18H,2,15H2,1H3,(H,16,17). The maximum Gasteiger partial charge on any atom is 0.263 e. The first-order chi connectivity index (χ1) is 9.96. The molecule has 112 valence electrons. The van der Waals surface area contributed by atoms with Gasteiger partial charge >= 0.3 is 0 Å². The number of anilines is 2. The highest BCUT2D eigenvalue weighted by Crippen LogP contribution is 2.24. The van der Waals surface area contributed by atoms with Crippen molar-refractivity contribution in [3.63, 3.8) is 0 Å². The van der Waals surface area contributed by atoms with Crippen molar-refractivity contribution in [2.75, 3.05) is 10.1 Å². The molecule has 0 aliphatic carbocycles. The lowest BCUT2D eigenvalue weighted by Gasteiger charge is -2.12. The van der Waals surface area contributed by atoms with Gasteiger partial charge in [-0.3, -0.25) is 4.72 Å². The van der Waals surface area contributed by atoms with E-state index in [0.717, 1.165) is 10.0 Å². The zero-order valence-electron chi connectivity index (χ0n) is 11.3. The number of nitrogens with zero attached hydrogens (tertiary/aromatic N) is 1. The van der Waals surface area contributed by atoms with Gasteiger partial charge < -0.3 is 5.43 Å².